The molecule has 1 N–H and O–H groups in total. The third-order valence-corrected chi connectivity index (χ3v) is 4.42. The van der Waals surface area contributed by atoms with Gasteiger partial charge in [0, 0.05) is 59.4 Å². The van der Waals surface area contributed by atoms with Gasteiger partial charge in [-0.1, -0.05) is 27.7 Å². The molecule has 0 aromatic heterocycles. The summed E-state index contributed by atoms with van der Waals surface area (Å²) in [6, 6.07) is 0. The Morgan fingerprint density at radius 1 is 0.913 bits per heavy atom. The number of nitrogens with zero attached hydrogens (tertiary/aromatic N) is 3. The Balaban J connectivity index is 0.00000112. The minimum atomic E-state index is 0.235. The number of piperidine rings is 1. The number of carbonyl (C=O) groups excluding carboxylic acids is 1. The summed E-state index contributed by atoms with van der Waals surface area (Å²) < 4.78 is 0. The molecular weight excluding hydrogens is 288 g/mol. The predicted octanol–water partition coefficient (Wildman–Crippen LogP) is 2.09. The third kappa shape index (κ3) is 8.68. The molecule has 2 aliphatic rings. The van der Waals surface area contributed by atoms with Gasteiger partial charge in [-0.15, -0.1) is 0 Å². The molecule has 0 aromatic carbocycles. The van der Waals surface area contributed by atoms with E-state index in [-0.39, 0.29) is 5.91 Å². The number of hydrogen-bond donors (Lipinski definition) is 1. The van der Waals surface area contributed by atoms with E-state index >= 15 is 0 Å². The van der Waals surface area contributed by atoms with Crippen molar-refractivity contribution in [2.45, 2.75) is 47.5 Å². The number of piperazine rings is 1. The largest absolute Gasteiger partial charge is 0.343 e. The molecule has 2 aliphatic heterocycles. The molecule has 138 valence electrons. The zero-order chi connectivity index (χ0) is 17.7. The molecule has 5 nitrogen and oxygen atoms in total. The van der Waals surface area contributed by atoms with Crippen LogP contribution in [0.2, 0.25) is 0 Å². The Bertz CT molecular complexity index is 283. The lowest BCUT2D eigenvalue weighted by Gasteiger charge is -2.38. The SMILES string of the molecule is CC.CC.CNCN1CCN(CC2CCN(C(C)=O)CC2)CC1. The molecule has 5 heteroatoms. The number of amides is 1. The van der Waals surface area contributed by atoms with Gasteiger partial charge in [0.2, 0.25) is 5.91 Å². The standard InChI is InChI=1S/C14H28N4O.2C2H6/c1-13(19)18-5-3-14(4-6-18)11-16-7-9-17(10-8-16)12-15-2;2*1-2/h14-15H,3-12H2,1-2H3;2*1-2H3. The summed E-state index contributed by atoms with van der Waals surface area (Å²) in [5.74, 6) is 1.02. The van der Waals surface area contributed by atoms with Gasteiger partial charge >= 0.3 is 0 Å². The third-order valence-electron chi connectivity index (χ3n) is 4.42. The topological polar surface area (TPSA) is 38.8 Å². The van der Waals surface area contributed by atoms with Gasteiger partial charge in [-0.05, 0) is 25.8 Å². The van der Waals surface area contributed by atoms with Crippen molar-refractivity contribution in [3.63, 3.8) is 0 Å². The molecule has 0 saturated carbocycles. The average Bonchev–Trinajstić information content (AvgIpc) is 2.61. The molecule has 23 heavy (non-hydrogen) atoms. The van der Waals surface area contributed by atoms with Gasteiger partial charge < -0.3 is 15.1 Å². The van der Waals surface area contributed by atoms with Gasteiger partial charge in [-0.3, -0.25) is 9.69 Å². The van der Waals surface area contributed by atoms with Gasteiger partial charge in [0.1, 0.15) is 0 Å². The van der Waals surface area contributed by atoms with Crippen molar-refractivity contribution >= 4 is 5.91 Å². The lowest BCUT2D eigenvalue weighted by atomic mass is 9.96. The Labute approximate surface area is 144 Å². The van der Waals surface area contributed by atoms with Crippen molar-refractivity contribution in [3.8, 4) is 0 Å². The second-order valence-corrected chi connectivity index (χ2v) is 5.88. The van der Waals surface area contributed by atoms with E-state index in [0.29, 0.717) is 0 Å². The molecule has 0 unspecified atom stereocenters. The molecule has 1 amide bonds. The van der Waals surface area contributed by atoms with Crippen molar-refractivity contribution < 1.29 is 4.79 Å². The second kappa shape index (κ2) is 13.8. The highest BCUT2D eigenvalue weighted by Gasteiger charge is 2.24. The van der Waals surface area contributed by atoms with Crippen LogP contribution in [0.15, 0.2) is 0 Å². The number of carbonyl (C=O) groups is 1. The quantitative estimate of drug-likeness (QED) is 0.858. The Morgan fingerprint density at radius 2 is 1.39 bits per heavy atom. The molecule has 2 rings (SSSR count). The van der Waals surface area contributed by atoms with Crippen LogP contribution in [0.1, 0.15) is 47.5 Å². The zero-order valence-electron chi connectivity index (χ0n) is 16.4. The van der Waals surface area contributed by atoms with Crippen LogP contribution < -0.4 is 5.32 Å². The van der Waals surface area contributed by atoms with Crippen LogP contribution in [-0.4, -0.2) is 80.1 Å². The minimum absolute atomic E-state index is 0.235. The van der Waals surface area contributed by atoms with Gasteiger partial charge in [-0.2, -0.15) is 0 Å². The molecule has 2 fully saturated rings. The lowest BCUT2D eigenvalue weighted by molar-refractivity contribution is -0.130. The van der Waals surface area contributed by atoms with Crippen LogP contribution in [0, 0.1) is 5.92 Å². The summed E-state index contributed by atoms with van der Waals surface area (Å²) in [4.78, 5) is 18.3. The monoisotopic (exact) mass is 328 g/mol. The van der Waals surface area contributed by atoms with E-state index in [4.69, 9.17) is 0 Å². The lowest BCUT2D eigenvalue weighted by Crippen LogP contribution is -2.50. The van der Waals surface area contributed by atoms with E-state index in [2.05, 4.69) is 15.1 Å². The van der Waals surface area contributed by atoms with Gasteiger partial charge in [0.15, 0.2) is 0 Å². The van der Waals surface area contributed by atoms with Crippen molar-refractivity contribution in [2.75, 3.05) is 59.5 Å². The molecule has 0 bridgehead atoms. The summed E-state index contributed by atoms with van der Waals surface area (Å²) in [5, 5.41) is 3.22. The van der Waals surface area contributed by atoms with E-state index < -0.39 is 0 Å². The second-order valence-electron chi connectivity index (χ2n) is 5.88. The molecule has 0 atom stereocenters. The number of rotatable bonds is 4. The van der Waals surface area contributed by atoms with Crippen molar-refractivity contribution in [1.29, 1.82) is 0 Å². The van der Waals surface area contributed by atoms with E-state index in [1.807, 2.05) is 39.6 Å². The highest BCUT2D eigenvalue weighted by atomic mass is 16.2. The first-order valence-corrected chi connectivity index (χ1v) is 9.54. The maximum atomic E-state index is 11.3. The summed E-state index contributed by atoms with van der Waals surface area (Å²) >= 11 is 0. The first-order chi connectivity index (χ1) is 11.2. The summed E-state index contributed by atoms with van der Waals surface area (Å²) in [7, 11) is 2.01. The van der Waals surface area contributed by atoms with Crippen molar-refractivity contribution in [1.82, 2.24) is 20.0 Å². The number of hydrogen-bond acceptors (Lipinski definition) is 4. The van der Waals surface area contributed by atoms with Crippen molar-refractivity contribution in [3.05, 3.63) is 0 Å². The smallest absolute Gasteiger partial charge is 0.219 e. The molecule has 2 saturated heterocycles. The van der Waals surface area contributed by atoms with Gasteiger partial charge in [-0.25, -0.2) is 0 Å². The molecule has 0 spiro atoms. The van der Waals surface area contributed by atoms with E-state index in [1.165, 1.54) is 45.6 Å². The molecule has 0 aromatic rings. The van der Waals surface area contributed by atoms with E-state index in [0.717, 1.165) is 25.7 Å². The summed E-state index contributed by atoms with van der Waals surface area (Å²) in [5.41, 5.74) is 0. The average molecular weight is 329 g/mol. The van der Waals surface area contributed by atoms with Crippen LogP contribution in [-0.2, 0) is 4.79 Å². The van der Waals surface area contributed by atoms with Crippen LogP contribution in [0.25, 0.3) is 0 Å². The Hall–Kier alpha value is -0.650. The fourth-order valence-electron chi connectivity index (χ4n) is 3.15. The maximum absolute atomic E-state index is 11.3. The van der Waals surface area contributed by atoms with Crippen LogP contribution in [0.5, 0.6) is 0 Å². The fraction of sp³-hybridized carbons (Fsp3) is 0.944. The highest BCUT2D eigenvalue weighted by molar-refractivity contribution is 5.73. The first-order valence-electron chi connectivity index (χ1n) is 9.54. The minimum Gasteiger partial charge on any atom is -0.343 e. The fourth-order valence-corrected chi connectivity index (χ4v) is 3.15. The van der Waals surface area contributed by atoms with Crippen LogP contribution in [0.4, 0.5) is 0 Å². The van der Waals surface area contributed by atoms with Gasteiger partial charge in [0.05, 0.1) is 0 Å². The maximum Gasteiger partial charge on any atom is 0.219 e. The molecule has 0 aliphatic carbocycles. The highest BCUT2D eigenvalue weighted by Crippen LogP contribution is 2.19. The summed E-state index contributed by atoms with van der Waals surface area (Å²) in [6.07, 6.45) is 2.35. The molecular formula is C18H40N4O. The molecule has 2 heterocycles. The van der Waals surface area contributed by atoms with E-state index in [9.17, 15) is 4.79 Å². The first kappa shape index (κ1) is 22.4. The zero-order valence-corrected chi connectivity index (χ0v) is 16.4. The van der Waals surface area contributed by atoms with Crippen LogP contribution >= 0.6 is 0 Å². The van der Waals surface area contributed by atoms with E-state index in [1.54, 1.807) is 6.92 Å². The van der Waals surface area contributed by atoms with Gasteiger partial charge in [0.25, 0.3) is 0 Å². The van der Waals surface area contributed by atoms with Crippen LogP contribution in [0.3, 0.4) is 0 Å². The Kier molecular flexibility index (Phi) is 13.4. The number of likely N-dealkylation sites (tertiary alicyclic amines) is 1. The normalized spacial score (nSPS) is 20.2. The number of nitrogens with one attached hydrogen (secondary N) is 1. The van der Waals surface area contributed by atoms with Crippen molar-refractivity contribution in [2.24, 2.45) is 5.92 Å². The molecule has 0 radical (unpaired) electrons. The summed E-state index contributed by atoms with van der Waals surface area (Å²) in [6.45, 7) is 18.5. The Morgan fingerprint density at radius 3 is 1.83 bits per heavy atom. The predicted molar refractivity (Wildman–Crippen MR) is 99.6 cm³/mol.